The van der Waals surface area contributed by atoms with E-state index in [0.717, 1.165) is 22.8 Å². The highest BCUT2D eigenvalue weighted by atomic mass is 79.9. The summed E-state index contributed by atoms with van der Waals surface area (Å²) in [7, 11) is 0. The minimum Gasteiger partial charge on any atom is -0.356 e. The number of para-hydroxylation sites is 1. The number of hydrogen-bond donors (Lipinski definition) is 2. The minimum absolute atomic E-state index is 0.0988. The molecule has 1 aromatic carbocycles. The average Bonchev–Trinajstić information content (AvgIpc) is 2.59. The summed E-state index contributed by atoms with van der Waals surface area (Å²) in [5, 5.41) is 1.23. The molecule has 3 rings (SSSR count). The van der Waals surface area contributed by atoms with E-state index in [-0.39, 0.29) is 5.54 Å². The van der Waals surface area contributed by atoms with E-state index < -0.39 is 0 Å². The third-order valence-electron chi connectivity index (χ3n) is 3.39. The maximum atomic E-state index is 6.29. The molecule has 3 N–H and O–H groups in total. The van der Waals surface area contributed by atoms with Crippen LogP contribution >= 0.6 is 15.9 Å². The molecule has 0 saturated heterocycles. The normalized spacial score (nSPS) is 19.1. The first-order valence-corrected chi connectivity index (χ1v) is 6.05. The Morgan fingerprint density at radius 2 is 2.13 bits per heavy atom. The van der Waals surface area contributed by atoms with Crippen LogP contribution in [0, 0.1) is 0 Å². The lowest BCUT2D eigenvalue weighted by Gasteiger charge is -2.37. The van der Waals surface area contributed by atoms with Crippen LogP contribution in [-0.2, 0) is 5.54 Å². The van der Waals surface area contributed by atoms with Crippen molar-refractivity contribution >= 4 is 26.8 Å². The first-order chi connectivity index (χ1) is 7.19. The second kappa shape index (κ2) is 3.09. The quantitative estimate of drug-likeness (QED) is 0.816. The molecule has 1 aliphatic carbocycles. The van der Waals surface area contributed by atoms with Crippen LogP contribution < -0.4 is 5.73 Å². The third kappa shape index (κ3) is 1.34. The lowest BCUT2D eigenvalue weighted by molar-refractivity contribution is 0.248. The predicted octanol–water partition coefficient (Wildman–Crippen LogP) is 3.27. The second-order valence-corrected chi connectivity index (χ2v) is 5.25. The molecule has 0 unspecified atom stereocenters. The van der Waals surface area contributed by atoms with Gasteiger partial charge in [0.05, 0.1) is 11.1 Å². The maximum Gasteiger partial charge on any atom is 0.0601 e. The van der Waals surface area contributed by atoms with Gasteiger partial charge in [-0.1, -0.05) is 12.1 Å². The van der Waals surface area contributed by atoms with E-state index in [1.54, 1.807) is 0 Å². The van der Waals surface area contributed by atoms with Gasteiger partial charge in [0.25, 0.3) is 0 Å². The summed E-state index contributed by atoms with van der Waals surface area (Å²) in [5.74, 6) is 0. The molecular formula is C12H13BrN2. The third-order valence-corrected chi connectivity index (χ3v) is 4.05. The molecule has 0 aliphatic heterocycles. The highest BCUT2D eigenvalue weighted by molar-refractivity contribution is 9.10. The van der Waals surface area contributed by atoms with Gasteiger partial charge in [-0.2, -0.15) is 0 Å². The Labute approximate surface area is 97.0 Å². The average molecular weight is 265 g/mol. The number of H-pyrrole nitrogens is 1. The van der Waals surface area contributed by atoms with E-state index in [4.69, 9.17) is 5.73 Å². The number of aromatic nitrogens is 1. The number of nitrogens with one attached hydrogen (secondary N) is 1. The second-order valence-electron chi connectivity index (χ2n) is 4.40. The fourth-order valence-electron chi connectivity index (χ4n) is 2.21. The number of hydrogen-bond acceptors (Lipinski definition) is 1. The number of nitrogens with two attached hydrogens (primary N) is 1. The minimum atomic E-state index is -0.0988. The number of benzene rings is 1. The molecule has 0 radical (unpaired) electrons. The largest absolute Gasteiger partial charge is 0.356 e. The molecule has 1 fully saturated rings. The molecule has 3 heteroatoms. The highest BCUT2D eigenvalue weighted by Crippen LogP contribution is 2.39. The predicted molar refractivity (Wildman–Crippen MR) is 65.7 cm³/mol. The summed E-state index contributed by atoms with van der Waals surface area (Å²) in [4.78, 5) is 3.43. The molecule has 0 spiro atoms. The van der Waals surface area contributed by atoms with Crippen LogP contribution in [0.2, 0.25) is 0 Å². The summed E-state index contributed by atoms with van der Waals surface area (Å²) in [6.45, 7) is 0. The SMILES string of the molecule is NC1(c2cc3cccc(Br)c3[nH]2)CCC1. The Hall–Kier alpha value is -0.800. The van der Waals surface area contributed by atoms with Crippen molar-refractivity contribution < 1.29 is 0 Å². The highest BCUT2D eigenvalue weighted by Gasteiger charge is 2.35. The van der Waals surface area contributed by atoms with Gasteiger partial charge in [-0.3, -0.25) is 0 Å². The lowest BCUT2D eigenvalue weighted by Crippen LogP contribution is -2.43. The molecule has 15 heavy (non-hydrogen) atoms. The molecule has 1 aliphatic rings. The van der Waals surface area contributed by atoms with E-state index in [1.165, 1.54) is 17.5 Å². The molecule has 0 atom stereocenters. The van der Waals surface area contributed by atoms with Crippen molar-refractivity contribution in [3.8, 4) is 0 Å². The van der Waals surface area contributed by atoms with Gasteiger partial charge >= 0.3 is 0 Å². The van der Waals surface area contributed by atoms with E-state index in [1.807, 2.05) is 12.1 Å². The van der Waals surface area contributed by atoms with Gasteiger partial charge in [0.1, 0.15) is 0 Å². The standard InChI is InChI=1S/C12H13BrN2/c13-9-4-1-3-8-7-10(15-11(8)9)12(14)5-2-6-12/h1,3-4,7,15H,2,5-6,14H2. The fourth-order valence-corrected chi connectivity index (χ4v) is 2.70. The maximum absolute atomic E-state index is 6.29. The molecule has 78 valence electrons. The summed E-state index contributed by atoms with van der Waals surface area (Å²) >= 11 is 3.54. The van der Waals surface area contributed by atoms with Gasteiger partial charge in [0.15, 0.2) is 0 Å². The zero-order valence-electron chi connectivity index (χ0n) is 8.39. The Morgan fingerprint density at radius 3 is 2.73 bits per heavy atom. The molecule has 0 bridgehead atoms. The van der Waals surface area contributed by atoms with E-state index in [9.17, 15) is 0 Å². The number of fused-ring (bicyclic) bond motifs is 1. The van der Waals surface area contributed by atoms with Crippen LogP contribution in [0.4, 0.5) is 0 Å². The number of aromatic amines is 1. The van der Waals surface area contributed by atoms with Crippen molar-refractivity contribution in [2.75, 3.05) is 0 Å². The van der Waals surface area contributed by atoms with Crippen molar-refractivity contribution in [1.29, 1.82) is 0 Å². The van der Waals surface area contributed by atoms with Crippen LogP contribution in [0.1, 0.15) is 25.0 Å². The van der Waals surface area contributed by atoms with Crippen LogP contribution in [0.5, 0.6) is 0 Å². The Balaban J connectivity index is 2.18. The van der Waals surface area contributed by atoms with Gasteiger partial charge in [0.2, 0.25) is 0 Å². The van der Waals surface area contributed by atoms with E-state index in [2.05, 4.69) is 33.0 Å². The monoisotopic (exact) mass is 264 g/mol. The first kappa shape index (κ1) is 9.43. The van der Waals surface area contributed by atoms with Gasteiger partial charge in [-0.25, -0.2) is 0 Å². The first-order valence-electron chi connectivity index (χ1n) is 5.26. The van der Waals surface area contributed by atoms with Crippen LogP contribution in [0.3, 0.4) is 0 Å². The molecule has 0 amide bonds. The van der Waals surface area contributed by atoms with Crippen molar-refractivity contribution in [1.82, 2.24) is 4.98 Å². The van der Waals surface area contributed by atoms with Crippen molar-refractivity contribution in [3.63, 3.8) is 0 Å². The van der Waals surface area contributed by atoms with E-state index >= 15 is 0 Å². The number of halogens is 1. The number of rotatable bonds is 1. The van der Waals surface area contributed by atoms with Crippen LogP contribution in [-0.4, -0.2) is 4.98 Å². The Kier molecular flexibility index (Phi) is 1.94. The Bertz CT molecular complexity index is 511. The molecule has 2 aromatic rings. The topological polar surface area (TPSA) is 41.8 Å². The van der Waals surface area contributed by atoms with Gasteiger partial charge < -0.3 is 10.7 Å². The van der Waals surface area contributed by atoms with Crippen LogP contribution in [0.25, 0.3) is 10.9 Å². The molecule has 1 heterocycles. The molecule has 2 nitrogen and oxygen atoms in total. The molecule has 1 aromatic heterocycles. The summed E-state index contributed by atoms with van der Waals surface area (Å²) in [6.07, 6.45) is 3.43. The summed E-state index contributed by atoms with van der Waals surface area (Å²) in [5.41, 5.74) is 8.53. The van der Waals surface area contributed by atoms with Crippen molar-refractivity contribution in [2.45, 2.75) is 24.8 Å². The van der Waals surface area contributed by atoms with Crippen LogP contribution in [0.15, 0.2) is 28.7 Å². The summed E-state index contributed by atoms with van der Waals surface area (Å²) in [6, 6.07) is 8.39. The van der Waals surface area contributed by atoms with E-state index in [0.29, 0.717) is 0 Å². The summed E-state index contributed by atoms with van der Waals surface area (Å²) < 4.78 is 1.11. The zero-order chi connectivity index (χ0) is 10.5. The van der Waals surface area contributed by atoms with Gasteiger partial charge in [-0.15, -0.1) is 0 Å². The van der Waals surface area contributed by atoms with Gasteiger partial charge in [-0.05, 0) is 47.3 Å². The Morgan fingerprint density at radius 1 is 1.33 bits per heavy atom. The van der Waals surface area contributed by atoms with Crippen molar-refractivity contribution in [2.24, 2.45) is 5.73 Å². The molecule has 1 saturated carbocycles. The zero-order valence-corrected chi connectivity index (χ0v) is 9.97. The fraction of sp³-hybridized carbons (Fsp3) is 0.333. The molecular weight excluding hydrogens is 252 g/mol. The smallest absolute Gasteiger partial charge is 0.0601 e. The lowest BCUT2D eigenvalue weighted by atomic mass is 9.75. The van der Waals surface area contributed by atoms with Crippen molar-refractivity contribution in [3.05, 3.63) is 34.4 Å². The van der Waals surface area contributed by atoms with Gasteiger partial charge in [0, 0.05) is 15.6 Å².